The number of carbonyl (C=O) groups is 1. The van der Waals surface area contributed by atoms with E-state index >= 15 is 0 Å². The van der Waals surface area contributed by atoms with Gasteiger partial charge in [-0.1, -0.05) is 34.4 Å². The molecule has 0 bridgehead atoms. The van der Waals surface area contributed by atoms with Crippen molar-refractivity contribution in [3.63, 3.8) is 0 Å². The quantitative estimate of drug-likeness (QED) is 0.347. The summed E-state index contributed by atoms with van der Waals surface area (Å²) < 4.78 is 3.61. The van der Waals surface area contributed by atoms with Gasteiger partial charge in [0.2, 0.25) is 0 Å². The second-order valence-corrected chi connectivity index (χ2v) is 8.84. The van der Waals surface area contributed by atoms with Crippen LogP contribution >= 0.6 is 0 Å². The molecule has 2 rings (SSSR count). The SMILES string of the molecule is CC(C)=CC(=O)/C=C(\C)CCC/C(C)=C/CC/C(C)=C/Cn1cnc2c1c(=O)ncn2C. The summed E-state index contributed by atoms with van der Waals surface area (Å²) in [5.74, 6) is 0.0809. The van der Waals surface area contributed by atoms with Crippen molar-refractivity contribution in [3.8, 4) is 0 Å². The lowest BCUT2D eigenvalue weighted by Gasteiger charge is -2.05. The Morgan fingerprint density at radius 3 is 2.31 bits per heavy atom. The highest BCUT2D eigenvalue weighted by atomic mass is 16.1. The van der Waals surface area contributed by atoms with Crippen LogP contribution in [0, 0.1) is 0 Å². The van der Waals surface area contributed by atoms with Crippen molar-refractivity contribution >= 4 is 16.9 Å². The summed E-state index contributed by atoms with van der Waals surface area (Å²) >= 11 is 0. The zero-order valence-corrected chi connectivity index (χ0v) is 20.3. The van der Waals surface area contributed by atoms with Crippen LogP contribution in [0.3, 0.4) is 0 Å². The molecule has 0 radical (unpaired) electrons. The monoisotopic (exact) mass is 436 g/mol. The third-order valence-corrected chi connectivity index (χ3v) is 5.33. The van der Waals surface area contributed by atoms with Crippen molar-refractivity contribution < 1.29 is 4.79 Å². The van der Waals surface area contributed by atoms with Crippen LogP contribution in [0.4, 0.5) is 0 Å². The minimum atomic E-state index is -0.244. The van der Waals surface area contributed by atoms with E-state index in [0.717, 1.165) is 43.3 Å². The number of carbonyl (C=O) groups excluding carboxylic acids is 1. The molecule has 0 spiro atoms. The van der Waals surface area contributed by atoms with E-state index in [1.807, 2.05) is 32.4 Å². The Morgan fingerprint density at radius 1 is 0.906 bits per heavy atom. The molecule has 6 heteroatoms. The molecule has 0 fully saturated rings. The summed E-state index contributed by atoms with van der Waals surface area (Å²) in [6.07, 6.45) is 16.1. The minimum Gasteiger partial charge on any atom is -0.321 e. The van der Waals surface area contributed by atoms with E-state index in [4.69, 9.17) is 0 Å². The van der Waals surface area contributed by atoms with E-state index in [9.17, 15) is 9.59 Å². The van der Waals surface area contributed by atoms with E-state index in [1.165, 1.54) is 17.5 Å². The Hall–Kier alpha value is -3.02. The predicted octanol–water partition coefficient (Wildman–Crippen LogP) is 5.45. The molecule has 2 heterocycles. The van der Waals surface area contributed by atoms with Gasteiger partial charge in [0.05, 0.1) is 6.33 Å². The van der Waals surface area contributed by atoms with Crippen LogP contribution in [-0.2, 0) is 18.4 Å². The smallest absolute Gasteiger partial charge is 0.298 e. The van der Waals surface area contributed by atoms with E-state index in [2.05, 4.69) is 36.0 Å². The normalized spacial score (nSPS) is 13.0. The Bertz CT molecular complexity index is 1120. The molecule has 0 aliphatic heterocycles. The fourth-order valence-electron chi connectivity index (χ4n) is 3.53. The van der Waals surface area contributed by atoms with Crippen molar-refractivity contribution in [1.29, 1.82) is 0 Å². The molecule has 2 aromatic heterocycles. The molecule has 0 saturated heterocycles. The van der Waals surface area contributed by atoms with E-state index in [-0.39, 0.29) is 11.3 Å². The lowest BCUT2D eigenvalue weighted by atomic mass is 10.0. The number of imidazole rings is 1. The maximum absolute atomic E-state index is 12.1. The van der Waals surface area contributed by atoms with Gasteiger partial charge in [0, 0.05) is 13.6 Å². The molecule has 0 amide bonds. The van der Waals surface area contributed by atoms with Gasteiger partial charge in [-0.25, -0.2) is 4.98 Å². The average Bonchev–Trinajstić information content (AvgIpc) is 3.14. The van der Waals surface area contributed by atoms with Crippen LogP contribution < -0.4 is 5.56 Å². The summed E-state index contributed by atoms with van der Waals surface area (Å²) in [6, 6.07) is 0. The average molecular weight is 437 g/mol. The van der Waals surface area contributed by atoms with E-state index in [0.29, 0.717) is 17.7 Å². The van der Waals surface area contributed by atoms with Crippen LogP contribution in [0.25, 0.3) is 11.2 Å². The van der Waals surface area contributed by atoms with Crippen molar-refractivity contribution in [2.24, 2.45) is 7.05 Å². The first kappa shape index (κ1) is 25.2. The lowest BCUT2D eigenvalue weighted by molar-refractivity contribution is -0.110. The Morgan fingerprint density at radius 2 is 1.59 bits per heavy atom. The zero-order chi connectivity index (χ0) is 23.7. The first-order chi connectivity index (χ1) is 15.2. The highest BCUT2D eigenvalue weighted by Crippen LogP contribution is 2.15. The first-order valence-corrected chi connectivity index (χ1v) is 11.2. The van der Waals surface area contributed by atoms with Gasteiger partial charge >= 0.3 is 0 Å². The first-order valence-electron chi connectivity index (χ1n) is 11.2. The summed E-state index contributed by atoms with van der Waals surface area (Å²) in [5, 5.41) is 0. The van der Waals surface area contributed by atoms with Crippen LogP contribution in [-0.4, -0.2) is 24.9 Å². The van der Waals surface area contributed by atoms with Crippen LogP contribution in [0.15, 0.2) is 64.0 Å². The third-order valence-electron chi connectivity index (χ3n) is 5.33. The van der Waals surface area contributed by atoms with Crippen LogP contribution in [0.2, 0.25) is 0 Å². The van der Waals surface area contributed by atoms with Crippen molar-refractivity contribution in [2.75, 3.05) is 0 Å². The number of aromatic nitrogens is 4. The van der Waals surface area contributed by atoms with Gasteiger partial charge in [0.1, 0.15) is 6.33 Å². The minimum absolute atomic E-state index is 0.0809. The molecule has 6 nitrogen and oxygen atoms in total. The molecule has 0 aliphatic rings. The molecular weight excluding hydrogens is 400 g/mol. The van der Waals surface area contributed by atoms with Gasteiger partial charge in [-0.15, -0.1) is 0 Å². The van der Waals surface area contributed by atoms with E-state index in [1.54, 1.807) is 23.0 Å². The Labute approximate surface area is 191 Å². The zero-order valence-electron chi connectivity index (χ0n) is 20.3. The lowest BCUT2D eigenvalue weighted by Crippen LogP contribution is -2.13. The molecule has 2 aromatic rings. The number of ketones is 1. The second-order valence-electron chi connectivity index (χ2n) is 8.84. The number of rotatable bonds is 11. The summed E-state index contributed by atoms with van der Waals surface area (Å²) in [5.41, 5.74) is 5.79. The van der Waals surface area contributed by atoms with Gasteiger partial charge in [-0.2, -0.15) is 4.98 Å². The summed E-state index contributed by atoms with van der Waals surface area (Å²) in [7, 11) is 1.84. The van der Waals surface area contributed by atoms with Crippen molar-refractivity contribution in [2.45, 2.75) is 73.3 Å². The van der Waals surface area contributed by atoms with Gasteiger partial charge in [-0.05, 0) is 78.9 Å². The van der Waals surface area contributed by atoms with Crippen molar-refractivity contribution in [1.82, 2.24) is 19.1 Å². The van der Waals surface area contributed by atoms with E-state index < -0.39 is 0 Å². The topological polar surface area (TPSA) is 69.8 Å². The van der Waals surface area contributed by atoms with Gasteiger partial charge < -0.3 is 9.13 Å². The number of nitrogens with zero attached hydrogens (tertiary/aromatic N) is 4. The second kappa shape index (κ2) is 12.1. The predicted molar refractivity (Wildman–Crippen MR) is 132 cm³/mol. The number of fused-ring (bicyclic) bond motifs is 1. The number of hydrogen-bond donors (Lipinski definition) is 0. The van der Waals surface area contributed by atoms with Crippen LogP contribution in [0.5, 0.6) is 0 Å². The maximum Gasteiger partial charge on any atom is 0.298 e. The molecule has 0 N–H and O–H groups in total. The largest absolute Gasteiger partial charge is 0.321 e. The van der Waals surface area contributed by atoms with Gasteiger partial charge in [0.15, 0.2) is 16.9 Å². The molecule has 172 valence electrons. The van der Waals surface area contributed by atoms with Crippen LogP contribution in [0.1, 0.15) is 66.7 Å². The van der Waals surface area contributed by atoms with Crippen molar-refractivity contribution in [3.05, 3.63) is 69.6 Å². The fourth-order valence-corrected chi connectivity index (χ4v) is 3.53. The highest BCUT2D eigenvalue weighted by molar-refractivity contribution is 6.00. The fraction of sp³-hybridized carbons (Fsp3) is 0.462. The summed E-state index contributed by atoms with van der Waals surface area (Å²) in [6.45, 7) is 10.8. The molecule has 0 aromatic carbocycles. The number of hydrogen-bond acceptors (Lipinski definition) is 4. The third kappa shape index (κ3) is 7.91. The Balaban J connectivity index is 1.80. The Kier molecular flexibility index (Phi) is 9.57. The van der Waals surface area contributed by atoms with Gasteiger partial charge in [-0.3, -0.25) is 9.59 Å². The number of allylic oxidation sites excluding steroid dienone is 8. The molecule has 0 saturated carbocycles. The molecule has 0 aliphatic carbocycles. The number of aryl methyl sites for hydroxylation is 1. The molecular formula is C26H36N4O2. The molecule has 32 heavy (non-hydrogen) atoms. The standard InChI is InChI=1S/C26H36N4O2/c1-19(2)15-23(31)16-22(5)12-8-10-20(3)9-7-11-21(4)13-14-30-18-27-25-24(30)26(32)28-17-29(25)6/h9,13,15-18H,7-8,10-12,14H2,1-6H3/b20-9+,21-13+,22-16+. The highest BCUT2D eigenvalue weighted by Gasteiger charge is 2.08. The van der Waals surface area contributed by atoms with Gasteiger partial charge in [0.25, 0.3) is 5.56 Å². The molecule has 0 atom stereocenters. The maximum atomic E-state index is 12.1. The summed E-state index contributed by atoms with van der Waals surface area (Å²) in [4.78, 5) is 32.1. The molecule has 0 unspecified atom stereocenters.